The molecule has 0 radical (unpaired) electrons. The third-order valence-electron chi connectivity index (χ3n) is 4.99. The molecule has 33 heavy (non-hydrogen) atoms. The van der Waals surface area contributed by atoms with Gasteiger partial charge in [-0.25, -0.2) is 4.79 Å². The molecular formula is C27H23BrN2O3. The quantitative estimate of drug-likeness (QED) is 0.255. The molecule has 0 aliphatic carbocycles. The summed E-state index contributed by atoms with van der Waals surface area (Å²) in [5.41, 5.74) is 6.35. The van der Waals surface area contributed by atoms with Crippen LogP contribution < -0.4 is 5.32 Å². The van der Waals surface area contributed by atoms with Crippen LogP contribution in [-0.2, 0) is 16.0 Å². The number of nitrogens with one attached hydrogen (secondary N) is 1. The molecule has 0 aromatic heterocycles. The Morgan fingerprint density at radius 1 is 1.03 bits per heavy atom. The van der Waals surface area contributed by atoms with Crippen LogP contribution in [0.3, 0.4) is 0 Å². The molecule has 0 aliphatic rings. The summed E-state index contributed by atoms with van der Waals surface area (Å²) in [6.45, 7) is 4.17. The molecule has 0 heterocycles. The third kappa shape index (κ3) is 6.41. The van der Waals surface area contributed by atoms with Gasteiger partial charge in [-0.1, -0.05) is 57.4 Å². The minimum atomic E-state index is -0.529. The number of methoxy groups -OCH3 is 1. The summed E-state index contributed by atoms with van der Waals surface area (Å²) in [5.74, 6) is -0.990. The minimum absolute atomic E-state index is 0.0268. The van der Waals surface area contributed by atoms with E-state index in [9.17, 15) is 14.9 Å². The Bertz CT molecular complexity index is 1250. The van der Waals surface area contributed by atoms with Crippen molar-refractivity contribution in [2.24, 2.45) is 0 Å². The number of anilines is 1. The van der Waals surface area contributed by atoms with Crippen molar-refractivity contribution in [2.75, 3.05) is 12.4 Å². The van der Waals surface area contributed by atoms with E-state index < -0.39 is 11.9 Å². The number of rotatable bonds is 6. The monoisotopic (exact) mass is 502 g/mol. The number of esters is 1. The van der Waals surface area contributed by atoms with E-state index in [0.717, 1.165) is 22.0 Å². The maximum Gasteiger partial charge on any atom is 0.337 e. The van der Waals surface area contributed by atoms with Crippen molar-refractivity contribution in [3.8, 4) is 6.07 Å². The van der Waals surface area contributed by atoms with Crippen LogP contribution in [0.5, 0.6) is 0 Å². The second kappa shape index (κ2) is 10.8. The van der Waals surface area contributed by atoms with Crippen molar-refractivity contribution < 1.29 is 14.3 Å². The van der Waals surface area contributed by atoms with Gasteiger partial charge in [-0.05, 0) is 73.4 Å². The maximum absolute atomic E-state index is 12.6. The van der Waals surface area contributed by atoms with Gasteiger partial charge in [0, 0.05) is 10.2 Å². The van der Waals surface area contributed by atoms with E-state index in [4.69, 9.17) is 0 Å². The van der Waals surface area contributed by atoms with Gasteiger partial charge in [0.05, 0.1) is 12.7 Å². The first-order valence-electron chi connectivity index (χ1n) is 10.3. The molecule has 1 amide bonds. The molecular weight excluding hydrogens is 480 g/mol. The lowest BCUT2D eigenvalue weighted by Gasteiger charge is -2.09. The summed E-state index contributed by atoms with van der Waals surface area (Å²) in [5, 5.41) is 12.2. The Morgan fingerprint density at radius 2 is 1.70 bits per heavy atom. The Labute approximate surface area is 201 Å². The van der Waals surface area contributed by atoms with E-state index in [1.165, 1.54) is 23.8 Å². The summed E-state index contributed by atoms with van der Waals surface area (Å²) in [4.78, 5) is 24.1. The summed E-state index contributed by atoms with van der Waals surface area (Å²) < 4.78 is 5.57. The van der Waals surface area contributed by atoms with Crippen LogP contribution in [0.15, 0.2) is 70.7 Å². The first-order chi connectivity index (χ1) is 15.8. The van der Waals surface area contributed by atoms with E-state index in [1.807, 2.05) is 24.3 Å². The van der Waals surface area contributed by atoms with Gasteiger partial charge >= 0.3 is 5.97 Å². The number of carbonyl (C=O) groups is 2. The number of ether oxygens (including phenoxy) is 1. The number of carbonyl (C=O) groups excluding carboxylic acids is 2. The number of aryl methyl sites for hydroxylation is 2. The number of nitrogens with zero attached hydrogens (tertiary/aromatic N) is 1. The Balaban J connectivity index is 1.75. The molecule has 0 spiro atoms. The van der Waals surface area contributed by atoms with Gasteiger partial charge < -0.3 is 10.1 Å². The molecule has 3 aromatic rings. The van der Waals surface area contributed by atoms with Crippen LogP contribution in [-0.4, -0.2) is 19.0 Å². The maximum atomic E-state index is 12.6. The van der Waals surface area contributed by atoms with Crippen LogP contribution in [0.4, 0.5) is 5.69 Å². The SMILES string of the molecule is COC(=O)c1ccc(NC(=O)/C(C#N)=C/c2ccc(Cc3cc(C)cc(C)c3)c(Br)c2)cc1. The van der Waals surface area contributed by atoms with Gasteiger partial charge in [0.15, 0.2) is 0 Å². The van der Waals surface area contributed by atoms with Crippen molar-refractivity contribution in [3.63, 3.8) is 0 Å². The average Bonchev–Trinajstić information content (AvgIpc) is 2.78. The number of hydrogen-bond acceptors (Lipinski definition) is 4. The average molecular weight is 503 g/mol. The van der Waals surface area contributed by atoms with Crippen molar-refractivity contribution in [1.29, 1.82) is 5.26 Å². The molecule has 5 nitrogen and oxygen atoms in total. The van der Waals surface area contributed by atoms with E-state index in [-0.39, 0.29) is 5.57 Å². The van der Waals surface area contributed by atoms with Gasteiger partial charge in [0.25, 0.3) is 5.91 Å². The number of halogens is 1. The molecule has 166 valence electrons. The van der Waals surface area contributed by atoms with Crippen LogP contribution >= 0.6 is 15.9 Å². The number of benzene rings is 3. The molecule has 0 aliphatic heterocycles. The zero-order chi connectivity index (χ0) is 24.0. The molecule has 0 bridgehead atoms. The van der Waals surface area contributed by atoms with E-state index in [1.54, 1.807) is 30.3 Å². The van der Waals surface area contributed by atoms with Crippen LogP contribution in [0.25, 0.3) is 6.08 Å². The van der Waals surface area contributed by atoms with Crippen molar-refractivity contribution in [1.82, 2.24) is 0 Å². The Morgan fingerprint density at radius 3 is 2.27 bits per heavy atom. The number of hydrogen-bond donors (Lipinski definition) is 1. The number of amides is 1. The molecule has 0 unspecified atom stereocenters. The Hall–Kier alpha value is -3.69. The van der Waals surface area contributed by atoms with E-state index in [2.05, 4.69) is 58.0 Å². The molecule has 0 atom stereocenters. The predicted octanol–water partition coefficient (Wildman–Crippen LogP) is 5.99. The van der Waals surface area contributed by atoms with Crippen molar-refractivity contribution in [3.05, 3.63) is 104 Å². The highest BCUT2D eigenvalue weighted by Gasteiger charge is 2.12. The van der Waals surface area contributed by atoms with Crippen LogP contribution in [0.2, 0.25) is 0 Å². The van der Waals surface area contributed by atoms with Gasteiger partial charge in [0.2, 0.25) is 0 Å². The lowest BCUT2D eigenvalue weighted by Crippen LogP contribution is -2.13. The van der Waals surface area contributed by atoms with Crippen LogP contribution in [0, 0.1) is 25.2 Å². The smallest absolute Gasteiger partial charge is 0.337 e. The standard InChI is InChI=1S/C27H23BrN2O3/c1-17-10-18(2)12-20(11-17)14-22-5-4-19(15-25(22)28)13-23(16-29)26(31)30-24-8-6-21(7-9-24)27(32)33-3/h4-13,15H,14H2,1-3H3,(H,30,31)/b23-13+. The minimum Gasteiger partial charge on any atom is -0.465 e. The highest BCUT2D eigenvalue weighted by molar-refractivity contribution is 9.10. The fraction of sp³-hybridized carbons (Fsp3) is 0.148. The highest BCUT2D eigenvalue weighted by atomic mass is 79.9. The normalized spacial score (nSPS) is 10.9. The lowest BCUT2D eigenvalue weighted by atomic mass is 9.99. The summed E-state index contributed by atoms with van der Waals surface area (Å²) in [7, 11) is 1.30. The molecule has 0 saturated carbocycles. The Kier molecular flexibility index (Phi) is 7.81. The first-order valence-corrected chi connectivity index (χ1v) is 11.1. The molecule has 3 rings (SSSR count). The lowest BCUT2D eigenvalue weighted by molar-refractivity contribution is -0.112. The van der Waals surface area contributed by atoms with E-state index >= 15 is 0 Å². The molecule has 3 aromatic carbocycles. The fourth-order valence-electron chi connectivity index (χ4n) is 3.51. The summed E-state index contributed by atoms with van der Waals surface area (Å²) >= 11 is 3.62. The second-order valence-corrected chi connectivity index (χ2v) is 8.57. The summed E-state index contributed by atoms with van der Waals surface area (Å²) in [6.07, 6.45) is 2.32. The topological polar surface area (TPSA) is 79.2 Å². The van der Waals surface area contributed by atoms with Gasteiger partial charge in [-0.15, -0.1) is 0 Å². The van der Waals surface area contributed by atoms with Crippen LogP contribution in [0.1, 0.15) is 38.2 Å². The fourth-order valence-corrected chi connectivity index (χ4v) is 4.05. The van der Waals surface area contributed by atoms with E-state index in [0.29, 0.717) is 11.3 Å². The van der Waals surface area contributed by atoms with Gasteiger partial charge in [-0.2, -0.15) is 5.26 Å². The molecule has 0 fully saturated rings. The third-order valence-corrected chi connectivity index (χ3v) is 5.73. The number of nitriles is 1. The largest absolute Gasteiger partial charge is 0.465 e. The molecule has 1 N–H and O–H groups in total. The van der Waals surface area contributed by atoms with Gasteiger partial charge in [0.1, 0.15) is 11.6 Å². The highest BCUT2D eigenvalue weighted by Crippen LogP contribution is 2.24. The van der Waals surface area contributed by atoms with Gasteiger partial charge in [-0.3, -0.25) is 4.79 Å². The molecule has 0 saturated heterocycles. The summed E-state index contributed by atoms with van der Waals surface area (Å²) in [6, 6.07) is 20.5. The zero-order valence-electron chi connectivity index (χ0n) is 18.6. The first kappa shape index (κ1) is 24.0. The second-order valence-electron chi connectivity index (χ2n) is 7.72. The zero-order valence-corrected chi connectivity index (χ0v) is 20.2. The molecule has 6 heteroatoms. The van der Waals surface area contributed by atoms with Crippen molar-refractivity contribution in [2.45, 2.75) is 20.3 Å². The van der Waals surface area contributed by atoms with Crippen molar-refractivity contribution >= 4 is 39.6 Å². The predicted molar refractivity (Wildman–Crippen MR) is 133 cm³/mol.